The molecule has 12 nitrogen and oxygen atoms in total. The molecule has 0 radical (unpaired) electrons. The van der Waals surface area contributed by atoms with E-state index < -0.39 is 21.7 Å². The van der Waals surface area contributed by atoms with Gasteiger partial charge in [0.25, 0.3) is 5.91 Å². The van der Waals surface area contributed by atoms with E-state index in [2.05, 4.69) is 22.3 Å². The van der Waals surface area contributed by atoms with Gasteiger partial charge in [0, 0.05) is 18.4 Å². The van der Waals surface area contributed by atoms with E-state index in [0.717, 1.165) is 25.7 Å². The number of aromatic amines is 1. The Labute approximate surface area is 313 Å². The minimum atomic E-state index is -3.83. The van der Waals surface area contributed by atoms with Crippen LogP contribution < -0.4 is 10.1 Å². The number of methoxy groups -OCH3 is 1. The number of halogens is 1. The van der Waals surface area contributed by atoms with Crippen molar-refractivity contribution < 1.29 is 32.6 Å². The van der Waals surface area contributed by atoms with Gasteiger partial charge in [-0.2, -0.15) is 5.26 Å². The molecule has 0 saturated heterocycles. The quantitative estimate of drug-likeness (QED) is 0.0554. The third kappa shape index (κ3) is 9.45. The van der Waals surface area contributed by atoms with Crippen molar-refractivity contribution in [1.29, 1.82) is 5.26 Å². The molecular weight excluding hydrogens is 718 g/mol. The summed E-state index contributed by atoms with van der Waals surface area (Å²) in [4.78, 5) is 30.9. The van der Waals surface area contributed by atoms with E-state index in [1.165, 1.54) is 85.8 Å². The number of fused-ring (bicyclic) bond motifs is 1. The minimum Gasteiger partial charge on any atom is -0.508 e. The summed E-state index contributed by atoms with van der Waals surface area (Å²) in [7, 11) is -2.46. The van der Waals surface area contributed by atoms with Gasteiger partial charge in [-0.3, -0.25) is 14.7 Å². The number of carbonyl (C=O) groups is 2. The van der Waals surface area contributed by atoms with Crippen LogP contribution in [0, 0.1) is 11.3 Å². The maximum Gasteiger partial charge on any atom is 0.265 e. The van der Waals surface area contributed by atoms with Crippen molar-refractivity contribution in [3.63, 3.8) is 0 Å². The number of anilines is 1. The van der Waals surface area contributed by atoms with Gasteiger partial charge in [0.2, 0.25) is 9.84 Å². The van der Waals surface area contributed by atoms with Crippen LogP contribution in [0.3, 0.4) is 0 Å². The van der Waals surface area contributed by atoms with Crippen molar-refractivity contribution in [3.8, 4) is 29.0 Å². The molecule has 1 atom stereocenters. The maximum absolute atomic E-state index is 13.7. The molecule has 53 heavy (non-hydrogen) atoms. The summed E-state index contributed by atoms with van der Waals surface area (Å²) >= 11 is 6.48. The molecule has 2 aromatic heterocycles. The van der Waals surface area contributed by atoms with Gasteiger partial charge in [0.05, 0.1) is 15.4 Å². The summed E-state index contributed by atoms with van der Waals surface area (Å²) in [5.74, 6) is -0.171. The van der Waals surface area contributed by atoms with Crippen LogP contribution in [0.1, 0.15) is 80.6 Å². The number of aromatic nitrogens is 3. The number of nitrogens with zero attached hydrogens (tertiary/aromatic N) is 3. The molecule has 3 N–H and O–H groups in total. The molecule has 0 spiro atoms. The second kappa shape index (κ2) is 18.1. The van der Waals surface area contributed by atoms with Crippen LogP contribution in [0.15, 0.2) is 82.6 Å². The van der Waals surface area contributed by atoms with Crippen LogP contribution in [-0.2, 0) is 19.4 Å². The molecule has 0 saturated carbocycles. The molecule has 0 aliphatic carbocycles. The van der Waals surface area contributed by atoms with Crippen molar-refractivity contribution in [1.82, 2.24) is 14.6 Å². The van der Waals surface area contributed by atoms with E-state index in [4.69, 9.17) is 21.1 Å². The fourth-order valence-electron chi connectivity index (χ4n) is 5.97. The second-order valence-corrected chi connectivity index (χ2v) is 15.0. The molecule has 0 aliphatic rings. The number of aromatic hydroxyl groups is 1. The SMILES string of the molecule is CCCCCCCCCCC(Oc1ccc(S(=O)(=O)c2ccc(O)cc2)cc1)C(=O)Nc1cccc(-c2nc3c(C#N)c(C(=O)COC)c(Cl)n3[nH]2)c1. The fourth-order valence-corrected chi connectivity index (χ4v) is 7.55. The van der Waals surface area contributed by atoms with Crippen molar-refractivity contribution in [2.75, 3.05) is 19.0 Å². The number of Topliss-reactive ketones (excluding diaryl/α,β-unsaturated/α-hetero) is 1. The van der Waals surface area contributed by atoms with Gasteiger partial charge in [-0.1, -0.05) is 75.6 Å². The van der Waals surface area contributed by atoms with E-state index in [-0.39, 0.29) is 50.0 Å². The third-order valence-electron chi connectivity index (χ3n) is 8.76. The highest BCUT2D eigenvalue weighted by molar-refractivity contribution is 7.91. The van der Waals surface area contributed by atoms with Crippen LogP contribution in [0.5, 0.6) is 11.5 Å². The summed E-state index contributed by atoms with van der Waals surface area (Å²) in [6.45, 7) is 1.95. The topological polar surface area (TPSA) is 176 Å². The molecule has 5 aromatic rings. The zero-order valence-corrected chi connectivity index (χ0v) is 31.2. The largest absolute Gasteiger partial charge is 0.508 e. The number of hydrogen-bond acceptors (Lipinski definition) is 9. The van der Waals surface area contributed by atoms with Gasteiger partial charge in [-0.15, -0.1) is 0 Å². The number of amides is 1. The Hall–Kier alpha value is -5.16. The standard InChI is InChI=1S/C39H42ClN5O7S/c1-3-4-5-6-7-8-9-10-14-34(52-29-17-21-31(22-18-29)53(49,50)30-19-15-28(46)16-20-30)39(48)42-27-13-11-12-26(23-27)37-43-38-32(24-41)35(33(47)25-51-2)36(40)45(38)44-37/h11-13,15-23,34,46H,3-10,14,25H2,1-2H3,(H,42,48)(H,43,44). The van der Waals surface area contributed by atoms with Crippen LogP contribution in [0.25, 0.3) is 17.0 Å². The number of H-pyrrole nitrogens is 1. The van der Waals surface area contributed by atoms with Gasteiger partial charge in [-0.05, 0) is 73.5 Å². The first-order chi connectivity index (χ1) is 25.6. The Morgan fingerprint density at radius 1 is 0.981 bits per heavy atom. The number of ether oxygens (including phenoxy) is 2. The molecule has 0 bridgehead atoms. The van der Waals surface area contributed by atoms with E-state index in [1.807, 2.05) is 6.07 Å². The Bertz CT molecular complexity index is 2190. The predicted molar refractivity (Wildman–Crippen MR) is 201 cm³/mol. The fraction of sp³-hybridized carbons (Fsp3) is 0.333. The Kier molecular flexibility index (Phi) is 13.3. The second-order valence-electron chi connectivity index (χ2n) is 12.6. The number of unbranched alkanes of at least 4 members (excludes halogenated alkanes) is 7. The number of ketones is 1. The number of benzene rings is 3. The van der Waals surface area contributed by atoms with Gasteiger partial charge < -0.3 is 19.9 Å². The number of carbonyl (C=O) groups excluding carboxylic acids is 2. The summed E-state index contributed by atoms with van der Waals surface area (Å²) in [6, 6.07) is 20.2. The van der Waals surface area contributed by atoms with Gasteiger partial charge in [0.15, 0.2) is 23.4 Å². The lowest BCUT2D eigenvalue weighted by Crippen LogP contribution is -2.33. The summed E-state index contributed by atoms with van der Waals surface area (Å²) in [5, 5.41) is 25.3. The Morgan fingerprint density at radius 3 is 2.26 bits per heavy atom. The molecule has 1 unspecified atom stereocenters. The summed E-state index contributed by atoms with van der Waals surface area (Å²) in [6.07, 6.45) is 8.29. The van der Waals surface area contributed by atoms with Crippen LogP contribution in [-0.4, -0.2) is 59.6 Å². The first kappa shape index (κ1) is 39.1. The van der Waals surface area contributed by atoms with E-state index >= 15 is 0 Å². The van der Waals surface area contributed by atoms with Crippen molar-refractivity contribution >= 4 is 44.5 Å². The number of sulfone groups is 1. The molecular formula is C39H42ClN5O7S. The normalized spacial score (nSPS) is 12.0. The van der Waals surface area contributed by atoms with Crippen LogP contribution >= 0.6 is 11.6 Å². The van der Waals surface area contributed by atoms with Crippen LogP contribution in [0.4, 0.5) is 5.69 Å². The number of rotatable bonds is 19. The van der Waals surface area contributed by atoms with E-state index in [1.54, 1.807) is 24.3 Å². The van der Waals surface area contributed by atoms with Crippen molar-refractivity contribution in [2.45, 2.75) is 80.6 Å². The van der Waals surface area contributed by atoms with E-state index in [9.17, 15) is 28.4 Å². The van der Waals surface area contributed by atoms with Gasteiger partial charge >= 0.3 is 0 Å². The highest BCUT2D eigenvalue weighted by Crippen LogP contribution is 2.30. The first-order valence-electron chi connectivity index (χ1n) is 17.5. The molecule has 5 rings (SSSR count). The molecule has 1 amide bonds. The Morgan fingerprint density at radius 2 is 1.62 bits per heavy atom. The van der Waals surface area contributed by atoms with Gasteiger partial charge in [-0.25, -0.2) is 17.9 Å². The lowest BCUT2D eigenvalue weighted by molar-refractivity contribution is -0.123. The Balaban J connectivity index is 1.32. The molecule has 3 aromatic carbocycles. The third-order valence-corrected chi connectivity index (χ3v) is 10.9. The zero-order chi connectivity index (χ0) is 38.0. The minimum absolute atomic E-state index is 0.00810. The molecule has 0 fully saturated rings. The highest BCUT2D eigenvalue weighted by Gasteiger charge is 2.26. The smallest absolute Gasteiger partial charge is 0.265 e. The monoisotopic (exact) mass is 759 g/mol. The summed E-state index contributed by atoms with van der Waals surface area (Å²) < 4.78 is 38.7. The number of nitriles is 1. The number of nitrogens with one attached hydrogen (secondary N) is 2. The zero-order valence-electron chi connectivity index (χ0n) is 29.6. The lowest BCUT2D eigenvalue weighted by atomic mass is 10.0. The average Bonchev–Trinajstić information content (AvgIpc) is 3.70. The van der Waals surface area contributed by atoms with Crippen molar-refractivity contribution in [3.05, 3.63) is 89.1 Å². The predicted octanol–water partition coefficient (Wildman–Crippen LogP) is 8.14. The number of phenolic OH excluding ortho intramolecular Hbond substituents is 1. The van der Waals surface area contributed by atoms with Crippen molar-refractivity contribution in [2.24, 2.45) is 0 Å². The lowest BCUT2D eigenvalue weighted by Gasteiger charge is -2.19. The van der Waals surface area contributed by atoms with Crippen LogP contribution in [0.2, 0.25) is 5.15 Å². The number of hydrogen-bond donors (Lipinski definition) is 3. The maximum atomic E-state index is 13.7. The molecule has 278 valence electrons. The molecule has 2 heterocycles. The average molecular weight is 760 g/mol. The van der Waals surface area contributed by atoms with Gasteiger partial charge in [0.1, 0.15) is 34.9 Å². The van der Waals surface area contributed by atoms with E-state index in [0.29, 0.717) is 29.2 Å². The summed E-state index contributed by atoms with van der Waals surface area (Å²) in [5.41, 5.74) is 1.29. The first-order valence-corrected chi connectivity index (χ1v) is 19.4. The molecule has 0 aliphatic heterocycles. The number of phenols is 1. The highest BCUT2D eigenvalue weighted by atomic mass is 35.5. The molecule has 14 heteroatoms.